The van der Waals surface area contributed by atoms with E-state index in [9.17, 15) is 0 Å². The third-order valence-corrected chi connectivity index (χ3v) is 3.24. The predicted molar refractivity (Wildman–Crippen MR) is 63.4 cm³/mol. The fourth-order valence-electron chi connectivity index (χ4n) is 1.75. The van der Waals surface area contributed by atoms with Crippen molar-refractivity contribution in [2.45, 2.75) is 17.3 Å². The fraction of sp³-hybridized carbons (Fsp3) is 0.500. The number of rotatable bonds is 2. The first-order valence-electron chi connectivity index (χ1n) is 4.66. The van der Waals surface area contributed by atoms with Crippen LogP contribution >= 0.6 is 22.6 Å². The van der Waals surface area contributed by atoms with E-state index < -0.39 is 0 Å². The molecule has 0 atom stereocenters. The summed E-state index contributed by atoms with van der Waals surface area (Å²) in [5.74, 6) is 1.20. The lowest BCUT2D eigenvalue weighted by Gasteiger charge is -2.18. The van der Waals surface area contributed by atoms with Crippen molar-refractivity contribution >= 4 is 28.4 Å². The molecule has 2 rings (SSSR count). The van der Waals surface area contributed by atoms with Crippen molar-refractivity contribution in [3.8, 4) is 0 Å². The number of pyridine rings is 1. The third-order valence-electron chi connectivity index (χ3n) is 2.42. The summed E-state index contributed by atoms with van der Waals surface area (Å²) < 4.78 is 1.05. The third kappa shape index (κ3) is 1.95. The highest BCUT2D eigenvalue weighted by atomic mass is 127. The molecule has 70 valence electrons. The summed E-state index contributed by atoms with van der Waals surface area (Å²) in [6, 6.07) is 4.20. The Morgan fingerprint density at radius 3 is 2.85 bits per heavy atom. The normalized spacial score (nSPS) is 16.5. The molecule has 1 aromatic heterocycles. The number of anilines is 1. The van der Waals surface area contributed by atoms with Crippen molar-refractivity contribution < 1.29 is 0 Å². The number of alkyl halides is 1. The van der Waals surface area contributed by atoms with Gasteiger partial charge in [-0.15, -0.1) is 0 Å². The van der Waals surface area contributed by atoms with Crippen LogP contribution in [0.5, 0.6) is 0 Å². The second kappa shape index (κ2) is 4.26. The second-order valence-corrected chi connectivity index (χ2v) is 4.08. The van der Waals surface area contributed by atoms with Crippen LogP contribution in [0.1, 0.15) is 18.4 Å². The Hall–Kier alpha value is -0.320. The van der Waals surface area contributed by atoms with Crippen molar-refractivity contribution in [3.63, 3.8) is 0 Å². The topological polar surface area (TPSA) is 16.1 Å². The van der Waals surface area contributed by atoms with Crippen molar-refractivity contribution in [2.24, 2.45) is 0 Å². The molecule has 1 aliphatic rings. The molecule has 1 aromatic rings. The summed E-state index contributed by atoms with van der Waals surface area (Å²) in [7, 11) is 0. The number of hydrogen-bond acceptors (Lipinski definition) is 2. The Morgan fingerprint density at radius 2 is 2.15 bits per heavy atom. The van der Waals surface area contributed by atoms with Crippen LogP contribution < -0.4 is 4.90 Å². The molecule has 0 bridgehead atoms. The largest absolute Gasteiger partial charge is 0.356 e. The van der Waals surface area contributed by atoms with Crippen LogP contribution in [0, 0.1) is 0 Å². The first-order chi connectivity index (χ1) is 6.42. The summed E-state index contributed by atoms with van der Waals surface area (Å²) in [5, 5.41) is 0. The van der Waals surface area contributed by atoms with Crippen molar-refractivity contribution in [2.75, 3.05) is 18.0 Å². The molecule has 3 heteroatoms. The van der Waals surface area contributed by atoms with Crippen molar-refractivity contribution in [3.05, 3.63) is 23.9 Å². The highest BCUT2D eigenvalue weighted by Gasteiger charge is 2.15. The molecule has 0 N–H and O–H groups in total. The Bertz CT molecular complexity index is 282. The van der Waals surface area contributed by atoms with Crippen LogP contribution in [-0.2, 0) is 4.43 Å². The van der Waals surface area contributed by atoms with E-state index >= 15 is 0 Å². The van der Waals surface area contributed by atoms with Gasteiger partial charge >= 0.3 is 0 Å². The molecule has 1 aliphatic heterocycles. The van der Waals surface area contributed by atoms with Gasteiger partial charge in [0, 0.05) is 29.3 Å². The molecule has 0 aromatic carbocycles. The minimum Gasteiger partial charge on any atom is -0.356 e. The molecule has 13 heavy (non-hydrogen) atoms. The summed E-state index contributed by atoms with van der Waals surface area (Å²) in [4.78, 5) is 6.85. The maximum absolute atomic E-state index is 4.45. The summed E-state index contributed by atoms with van der Waals surface area (Å²) >= 11 is 2.40. The van der Waals surface area contributed by atoms with Gasteiger partial charge in [0.1, 0.15) is 5.82 Å². The molecular formula is C10H13IN2. The zero-order valence-electron chi connectivity index (χ0n) is 7.54. The molecule has 0 spiro atoms. The smallest absolute Gasteiger partial charge is 0.132 e. The number of aromatic nitrogens is 1. The molecule has 0 aliphatic carbocycles. The quantitative estimate of drug-likeness (QED) is 0.614. The van der Waals surface area contributed by atoms with E-state index in [2.05, 4.69) is 38.5 Å². The van der Waals surface area contributed by atoms with E-state index in [1.165, 1.54) is 37.3 Å². The van der Waals surface area contributed by atoms with E-state index in [4.69, 9.17) is 0 Å². The van der Waals surface area contributed by atoms with Gasteiger partial charge in [0.15, 0.2) is 0 Å². The highest BCUT2D eigenvalue weighted by molar-refractivity contribution is 14.1. The fourth-order valence-corrected chi connectivity index (χ4v) is 2.34. The Kier molecular flexibility index (Phi) is 3.03. The van der Waals surface area contributed by atoms with Crippen LogP contribution in [0.4, 0.5) is 5.82 Å². The summed E-state index contributed by atoms with van der Waals surface area (Å²) in [6.45, 7) is 2.36. The van der Waals surface area contributed by atoms with Gasteiger partial charge in [-0.1, -0.05) is 28.7 Å². The highest BCUT2D eigenvalue weighted by Crippen LogP contribution is 2.23. The van der Waals surface area contributed by atoms with Gasteiger partial charge in [-0.05, 0) is 18.9 Å². The van der Waals surface area contributed by atoms with E-state index in [1.54, 1.807) is 0 Å². The minimum absolute atomic E-state index is 1.05. The monoisotopic (exact) mass is 288 g/mol. The lowest BCUT2D eigenvalue weighted by molar-refractivity contribution is 0.927. The maximum atomic E-state index is 4.45. The molecule has 2 heterocycles. The molecule has 2 nitrogen and oxygen atoms in total. The predicted octanol–water partition coefficient (Wildman–Crippen LogP) is 2.62. The lowest BCUT2D eigenvalue weighted by Crippen LogP contribution is -2.20. The van der Waals surface area contributed by atoms with E-state index in [-0.39, 0.29) is 0 Å². The molecule has 0 amide bonds. The Labute approximate surface area is 92.5 Å². The van der Waals surface area contributed by atoms with Gasteiger partial charge in [0.05, 0.1) is 0 Å². The van der Waals surface area contributed by atoms with Crippen LogP contribution in [0.15, 0.2) is 18.3 Å². The second-order valence-electron chi connectivity index (χ2n) is 3.31. The zero-order valence-corrected chi connectivity index (χ0v) is 9.70. The van der Waals surface area contributed by atoms with Crippen LogP contribution in [-0.4, -0.2) is 18.1 Å². The average Bonchev–Trinajstić information content (AvgIpc) is 2.70. The number of halogens is 1. The number of hydrogen-bond donors (Lipinski definition) is 0. The lowest BCUT2D eigenvalue weighted by atomic mass is 10.3. The first kappa shape index (κ1) is 9.24. The molecule has 0 unspecified atom stereocenters. The molecule has 1 saturated heterocycles. The van der Waals surface area contributed by atoms with Gasteiger partial charge < -0.3 is 4.90 Å². The molecule has 0 saturated carbocycles. The summed E-state index contributed by atoms with van der Waals surface area (Å²) in [5.41, 5.74) is 1.37. The molecular weight excluding hydrogens is 275 g/mol. The standard InChI is InChI=1S/C10H13IN2/c11-8-9-4-3-5-12-10(9)13-6-1-2-7-13/h3-5H,1-2,6-8H2. The van der Waals surface area contributed by atoms with Gasteiger partial charge in [0.25, 0.3) is 0 Å². The van der Waals surface area contributed by atoms with E-state index in [0.29, 0.717) is 0 Å². The minimum atomic E-state index is 1.05. The van der Waals surface area contributed by atoms with Crippen LogP contribution in [0.2, 0.25) is 0 Å². The first-order valence-corrected chi connectivity index (χ1v) is 6.19. The number of nitrogens with zero attached hydrogens (tertiary/aromatic N) is 2. The molecule has 0 radical (unpaired) electrons. The SMILES string of the molecule is ICc1cccnc1N1CCCC1. The van der Waals surface area contributed by atoms with Gasteiger partial charge in [-0.25, -0.2) is 4.98 Å². The van der Waals surface area contributed by atoms with Gasteiger partial charge in [-0.3, -0.25) is 0 Å². The van der Waals surface area contributed by atoms with Crippen LogP contribution in [0.25, 0.3) is 0 Å². The Morgan fingerprint density at radius 1 is 1.38 bits per heavy atom. The maximum Gasteiger partial charge on any atom is 0.132 e. The molecule has 1 fully saturated rings. The Balaban J connectivity index is 2.26. The van der Waals surface area contributed by atoms with Crippen LogP contribution in [0.3, 0.4) is 0 Å². The zero-order chi connectivity index (χ0) is 9.10. The van der Waals surface area contributed by atoms with Crippen molar-refractivity contribution in [1.82, 2.24) is 4.98 Å². The van der Waals surface area contributed by atoms with Gasteiger partial charge in [0.2, 0.25) is 0 Å². The van der Waals surface area contributed by atoms with Gasteiger partial charge in [-0.2, -0.15) is 0 Å². The van der Waals surface area contributed by atoms with Crippen molar-refractivity contribution in [1.29, 1.82) is 0 Å². The van der Waals surface area contributed by atoms with E-state index in [1.807, 2.05) is 12.3 Å². The summed E-state index contributed by atoms with van der Waals surface area (Å²) in [6.07, 6.45) is 4.53. The van der Waals surface area contributed by atoms with E-state index in [0.717, 1.165) is 4.43 Å². The average molecular weight is 288 g/mol.